The van der Waals surface area contributed by atoms with Crippen molar-refractivity contribution < 1.29 is 57.9 Å². The lowest BCUT2D eigenvalue weighted by molar-refractivity contribution is -0.131. The van der Waals surface area contributed by atoms with Crippen molar-refractivity contribution in [3.05, 3.63) is 0 Å². The standard InChI is InChI=1S/C29H67NO13Si4/c1-30(28(31)19-14-15-23-44(32-2,33-3)34-4)27-29(20-16-24-45(35-5,36-6)37-7,21-17-25-46(38-8,39-9)40-10)22-18-26-47(41-11,42-12)43-13/h14-27H2,1-13H3. The molecule has 1 amide bonds. The van der Waals surface area contributed by atoms with Gasteiger partial charge in [0.15, 0.2) is 0 Å². The molecule has 0 saturated heterocycles. The number of nitrogens with zero attached hydrogens (tertiary/aromatic N) is 1. The second-order valence-corrected chi connectivity index (χ2v) is 24.1. The molecule has 0 spiro atoms. The molecule has 0 radical (unpaired) electrons. The van der Waals surface area contributed by atoms with E-state index in [9.17, 15) is 4.79 Å². The van der Waals surface area contributed by atoms with Crippen molar-refractivity contribution in [1.82, 2.24) is 4.90 Å². The Morgan fingerprint density at radius 2 is 0.702 bits per heavy atom. The van der Waals surface area contributed by atoms with Crippen LogP contribution < -0.4 is 0 Å². The largest absolute Gasteiger partial charge is 0.500 e. The van der Waals surface area contributed by atoms with Crippen LogP contribution in [0.2, 0.25) is 24.2 Å². The highest BCUT2D eigenvalue weighted by atomic mass is 28.4. The van der Waals surface area contributed by atoms with Crippen LogP contribution in [0.1, 0.15) is 57.8 Å². The van der Waals surface area contributed by atoms with Crippen molar-refractivity contribution >= 4 is 41.1 Å². The van der Waals surface area contributed by atoms with Gasteiger partial charge in [0.1, 0.15) is 0 Å². The van der Waals surface area contributed by atoms with Gasteiger partial charge in [-0.3, -0.25) is 4.79 Å². The van der Waals surface area contributed by atoms with Gasteiger partial charge in [0.05, 0.1) is 0 Å². The Labute approximate surface area is 289 Å². The minimum absolute atomic E-state index is 0.0899. The molecule has 0 aromatic rings. The number of hydrogen-bond acceptors (Lipinski definition) is 13. The van der Waals surface area contributed by atoms with E-state index in [0.29, 0.717) is 43.6 Å². The van der Waals surface area contributed by atoms with Crippen LogP contribution in [0.15, 0.2) is 0 Å². The topological polar surface area (TPSA) is 131 Å². The monoisotopic (exact) mass is 749 g/mol. The van der Waals surface area contributed by atoms with Crippen molar-refractivity contribution in [2.45, 2.75) is 82.0 Å². The molecule has 14 nitrogen and oxygen atoms in total. The van der Waals surface area contributed by atoms with E-state index in [1.165, 1.54) is 0 Å². The van der Waals surface area contributed by atoms with Crippen molar-refractivity contribution in [3.8, 4) is 0 Å². The van der Waals surface area contributed by atoms with Crippen molar-refractivity contribution in [2.24, 2.45) is 5.41 Å². The maximum absolute atomic E-state index is 13.6. The first-order valence-corrected chi connectivity index (χ1v) is 23.9. The van der Waals surface area contributed by atoms with Crippen LogP contribution in [0, 0.1) is 5.41 Å². The van der Waals surface area contributed by atoms with Crippen LogP contribution in [0.5, 0.6) is 0 Å². The molecule has 0 aliphatic carbocycles. The second-order valence-electron chi connectivity index (χ2n) is 11.7. The van der Waals surface area contributed by atoms with Crippen LogP contribution in [0.3, 0.4) is 0 Å². The summed E-state index contributed by atoms with van der Waals surface area (Å²) in [5.74, 6) is 0.0899. The SMILES string of the molecule is CO[Si](CCCCC(=O)N(C)CC(CCC[Si](OC)(OC)OC)(CCC[Si](OC)(OC)OC)CCC[Si](OC)(OC)OC)(OC)OC. The van der Waals surface area contributed by atoms with Gasteiger partial charge in [0, 0.05) is 130 Å². The fourth-order valence-corrected chi connectivity index (χ4v) is 13.2. The molecule has 282 valence electrons. The Morgan fingerprint density at radius 3 is 0.957 bits per heavy atom. The fourth-order valence-electron chi connectivity index (χ4n) is 6.28. The molecule has 0 unspecified atom stereocenters. The summed E-state index contributed by atoms with van der Waals surface area (Å²) in [6.45, 7) is 0.573. The third-order valence-electron chi connectivity index (χ3n) is 9.42. The molecule has 0 atom stereocenters. The summed E-state index contributed by atoms with van der Waals surface area (Å²) in [5, 5.41) is 0. The highest BCUT2D eigenvalue weighted by Crippen LogP contribution is 2.40. The molecule has 0 rings (SSSR count). The van der Waals surface area contributed by atoms with Gasteiger partial charge in [0.2, 0.25) is 5.91 Å². The Bertz CT molecular complexity index is 719. The van der Waals surface area contributed by atoms with Gasteiger partial charge < -0.3 is 58.0 Å². The summed E-state index contributed by atoms with van der Waals surface area (Å²) in [6, 6.07) is 2.61. The Kier molecular flexibility index (Phi) is 24.0. The summed E-state index contributed by atoms with van der Waals surface area (Å²) in [5.41, 5.74) is -0.255. The minimum atomic E-state index is -2.80. The Morgan fingerprint density at radius 1 is 0.447 bits per heavy atom. The normalized spacial score (nSPS) is 13.4. The number of hydrogen-bond donors (Lipinski definition) is 0. The minimum Gasteiger partial charge on any atom is -0.377 e. The molecule has 0 bridgehead atoms. The van der Waals surface area contributed by atoms with E-state index in [-0.39, 0.29) is 11.3 Å². The summed E-state index contributed by atoms with van der Waals surface area (Å²) >= 11 is 0. The molecule has 0 heterocycles. The van der Waals surface area contributed by atoms with Crippen molar-refractivity contribution in [2.75, 3.05) is 98.9 Å². The molecule has 18 heteroatoms. The number of amides is 1. The first kappa shape index (κ1) is 46.9. The van der Waals surface area contributed by atoms with E-state index in [2.05, 4.69) is 0 Å². The number of rotatable bonds is 31. The zero-order valence-electron chi connectivity index (χ0n) is 31.7. The van der Waals surface area contributed by atoms with Crippen LogP contribution in [-0.4, -0.2) is 145 Å². The van der Waals surface area contributed by atoms with E-state index in [0.717, 1.165) is 44.9 Å². The lowest BCUT2D eigenvalue weighted by atomic mass is 9.75. The quantitative estimate of drug-likeness (QED) is 0.0732. The van der Waals surface area contributed by atoms with Gasteiger partial charge in [-0.15, -0.1) is 0 Å². The molecule has 0 saturated carbocycles. The van der Waals surface area contributed by atoms with Crippen LogP contribution in [0.4, 0.5) is 0 Å². The smallest absolute Gasteiger partial charge is 0.377 e. The van der Waals surface area contributed by atoms with E-state index >= 15 is 0 Å². The van der Waals surface area contributed by atoms with Gasteiger partial charge in [-0.05, 0) is 56.8 Å². The molecule has 0 aliphatic heterocycles. The highest BCUT2D eigenvalue weighted by Gasteiger charge is 2.43. The molecule has 0 aliphatic rings. The molecule has 0 fully saturated rings. The average Bonchev–Trinajstić information content (AvgIpc) is 3.11. The molecule has 0 N–H and O–H groups in total. The molecular formula is C29H67NO13Si4. The third kappa shape index (κ3) is 14.9. The van der Waals surface area contributed by atoms with E-state index in [4.69, 9.17) is 53.1 Å². The van der Waals surface area contributed by atoms with Gasteiger partial charge in [-0.25, -0.2) is 0 Å². The lowest BCUT2D eigenvalue weighted by Crippen LogP contribution is -2.45. The summed E-state index contributed by atoms with van der Waals surface area (Å²) in [4.78, 5) is 15.4. The first-order chi connectivity index (χ1) is 22.4. The summed E-state index contributed by atoms with van der Waals surface area (Å²) < 4.78 is 68.2. The van der Waals surface area contributed by atoms with Crippen molar-refractivity contribution in [3.63, 3.8) is 0 Å². The molecule has 47 heavy (non-hydrogen) atoms. The average molecular weight is 750 g/mol. The molecule has 0 aromatic carbocycles. The number of carbonyl (C=O) groups is 1. The summed E-state index contributed by atoms with van der Waals surface area (Å²) in [6.07, 6.45) is 6.74. The molecule has 0 aromatic heterocycles. The Hall–Kier alpha value is -0.142. The first-order valence-electron chi connectivity index (χ1n) is 16.2. The third-order valence-corrected chi connectivity index (χ3v) is 20.8. The van der Waals surface area contributed by atoms with Gasteiger partial charge in [-0.2, -0.15) is 0 Å². The predicted molar refractivity (Wildman–Crippen MR) is 188 cm³/mol. The number of carbonyl (C=O) groups excluding carboxylic acids is 1. The van der Waals surface area contributed by atoms with Crippen molar-refractivity contribution in [1.29, 1.82) is 0 Å². The molecular weight excluding hydrogens is 683 g/mol. The Balaban J connectivity index is 6.21. The predicted octanol–water partition coefficient (Wildman–Crippen LogP) is 4.45. The van der Waals surface area contributed by atoms with Gasteiger partial charge >= 0.3 is 35.2 Å². The number of unbranched alkanes of at least 4 members (excludes halogenated alkanes) is 1. The maximum Gasteiger partial charge on any atom is 0.500 e. The zero-order chi connectivity index (χ0) is 36.0. The van der Waals surface area contributed by atoms with Crippen LogP contribution >= 0.6 is 0 Å². The second kappa shape index (κ2) is 24.1. The van der Waals surface area contributed by atoms with Crippen LogP contribution in [0.25, 0.3) is 0 Å². The lowest BCUT2D eigenvalue weighted by Gasteiger charge is -2.39. The van der Waals surface area contributed by atoms with Crippen LogP contribution in [-0.2, 0) is 57.9 Å². The zero-order valence-corrected chi connectivity index (χ0v) is 35.7. The van der Waals surface area contributed by atoms with E-state index in [1.54, 1.807) is 85.3 Å². The highest BCUT2D eigenvalue weighted by molar-refractivity contribution is 6.61. The van der Waals surface area contributed by atoms with E-state index in [1.807, 2.05) is 11.9 Å². The maximum atomic E-state index is 13.6. The van der Waals surface area contributed by atoms with E-state index < -0.39 is 35.2 Å². The van der Waals surface area contributed by atoms with Gasteiger partial charge in [-0.1, -0.05) is 0 Å². The summed E-state index contributed by atoms with van der Waals surface area (Å²) in [7, 11) is 10.3. The fraction of sp³-hybridized carbons (Fsp3) is 0.966. The van der Waals surface area contributed by atoms with Gasteiger partial charge in [0.25, 0.3) is 0 Å².